The summed E-state index contributed by atoms with van der Waals surface area (Å²) in [6.07, 6.45) is 9.15. The predicted octanol–water partition coefficient (Wildman–Crippen LogP) is 0.921. The van der Waals surface area contributed by atoms with Gasteiger partial charge in [-0.25, -0.2) is 9.97 Å². The molecule has 1 aliphatic rings. The highest BCUT2D eigenvalue weighted by molar-refractivity contribution is 5.37. The molecular formula is C14H20N6. The van der Waals surface area contributed by atoms with Gasteiger partial charge in [0.25, 0.3) is 0 Å². The molecule has 106 valence electrons. The van der Waals surface area contributed by atoms with Crippen molar-refractivity contribution in [3.8, 4) is 0 Å². The Morgan fingerprint density at radius 2 is 2.10 bits per heavy atom. The third-order valence-corrected chi connectivity index (χ3v) is 3.84. The van der Waals surface area contributed by atoms with Crippen LogP contribution in [0.25, 0.3) is 0 Å². The zero-order chi connectivity index (χ0) is 13.9. The van der Waals surface area contributed by atoms with Gasteiger partial charge in [0, 0.05) is 57.5 Å². The number of imidazole rings is 1. The van der Waals surface area contributed by atoms with E-state index >= 15 is 0 Å². The van der Waals surface area contributed by atoms with Crippen molar-refractivity contribution in [1.82, 2.24) is 24.4 Å². The molecule has 1 saturated heterocycles. The minimum atomic E-state index is 0.431. The van der Waals surface area contributed by atoms with E-state index in [1.807, 2.05) is 25.6 Å². The summed E-state index contributed by atoms with van der Waals surface area (Å²) in [6, 6.07) is 0.431. The van der Waals surface area contributed by atoms with Gasteiger partial charge in [-0.1, -0.05) is 0 Å². The van der Waals surface area contributed by atoms with Crippen LogP contribution >= 0.6 is 0 Å². The molecule has 20 heavy (non-hydrogen) atoms. The van der Waals surface area contributed by atoms with E-state index in [0.29, 0.717) is 6.04 Å². The summed E-state index contributed by atoms with van der Waals surface area (Å²) in [5, 5.41) is 0. The highest BCUT2D eigenvalue weighted by Gasteiger charge is 2.25. The minimum absolute atomic E-state index is 0.431. The second-order valence-corrected chi connectivity index (χ2v) is 5.30. The average Bonchev–Trinajstić information content (AvgIpc) is 2.85. The summed E-state index contributed by atoms with van der Waals surface area (Å²) in [5.74, 6) is 2.08. The lowest BCUT2D eigenvalue weighted by molar-refractivity contribution is 0.213. The van der Waals surface area contributed by atoms with Gasteiger partial charge >= 0.3 is 0 Å². The number of nitrogens with zero attached hydrogens (tertiary/aromatic N) is 6. The first kappa shape index (κ1) is 13.1. The van der Waals surface area contributed by atoms with Gasteiger partial charge in [0.05, 0.1) is 12.7 Å². The van der Waals surface area contributed by atoms with E-state index in [2.05, 4.69) is 36.2 Å². The fourth-order valence-corrected chi connectivity index (χ4v) is 2.71. The van der Waals surface area contributed by atoms with E-state index < -0.39 is 0 Å². The quantitative estimate of drug-likeness (QED) is 0.831. The van der Waals surface area contributed by atoms with Crippen molar-refractivity contribution in [2.75, 3.05) is 24.5 Å². The van der Waals surface area contributed by atoms with Gasteiger partial charge in [-0.05, 0) is 6.92 Å². The molecule has 0 radical (unpaired) electrons. The molecule has 0 saturated carbocycles. The van der Waals surface area contributed by atoms with Gasteiger partial charge in [-0.2, -0.15) is 0 Å². The first-order valence-corrected chi connectivity index (χ1v) is 6.95. The third kappa shape index (κ3) is 2.65. The van der Waals surface area contributed by atoms with Gasteiger partial charge in [-0.3, -0.25) is 9.88 Å². The fourth-order valence-electron chi connectivity index (χ4n) is 2.71. The van der Waals surface area contributed by atoms with Crippen molar-refractivity contribution in [3.63, 3.8) is 0 Å². The number of piperazine rings is 1. The number of anilines is 1. The van der Waals surface area contributed by atoms with Gasteiger partial charge in [0.15, 0.2) is 0 Å². The first-order chi connectivity index (χ1) is 9.74. The average molecular weight is 272 g/mol. The Labute approximate surface area is 119 Å². The van der Waals surface area contributed by atoms with Crippen LogP contribution in [0.5, 0.6) is 0 Å². The Balaban J connectivity index is 1.64. The molecule has 0 aromatic carbocycles. The molecule has 3 heterocycles. The summed E-state index contributed by atoms with van der Waals surface area (Å²) in [6.45, 7) is 6.16. The second-order valence-electron chi connectivity index (χ2n) is 5.30. The van der Waals surface area contributed by atoms with Crippen molar-refractivity contribution in [2.24, 2.45) is 7.05 Å². The van der Waals surface area contributed by atoms with E-state index in [4.69, 9.17) is 0 Å². The Kier molecular flexibility index (Phi) is 3.64. The predicted molar refractivity (Wildman–Crippen MR) is 77.3 cm³/mol. The first-order valence-electron chi connectivity index (χ1n) is 6.95. The van der Waals surface area contributed by atoms with Crippen LogP contribution < -0.4 is 4.90 Å². The molecule has 3 rings (SSSR count). The Hall–Kier alpha value is -1.95. The van der Waals surface area contributed by atoms with Crippen molar-refractivity contribution < 1.29 is 0 Å². The molecule has 1 fully saturated rings. The monoisotopic (exact) mass is 272 g/mol. The molecule has 0 bridgehead atoms. The molecule has 1 aliphatic heterocycles. The fraction of sp³-hybridized carbons (Fsp3) is 0.500. The maximum Gasteiger partial charge on any atom is 0.147 e. The number of hydrogen-bond acceptors (Lipinski definition) is 5. The van der Waals surface area contributed by atoms with Gasteiger partial charge in [-0.15, -0.1) is 0 Å². The molecule has 6 nitrogen and oxygen atoms in total. The van der Waals surface area contributed by atoms with Gasteiger partial charge in [0.2, 0.25) is 0 Å². The molecule has 2 aromatic heterocycles. The van der Waals surface area contributed by atoms with Crippen LogP contribution in [-0.4, -0.2) is 50.1 Å². The standard InChI is InChI=1S/C14H20N6/c1-12-10-19(11-14-17-5-6-18(14)2)7-8-20(12)13-9-15-3-4-16-13/h3-6,9,12H,7-8,10-11H2,1-2H3. The smallest absolute Gasteiger partial charge is 0.147 e. The SMILES string of the molecule is CC1CN(Cc2nccn2C)CCN1c1cnccn1. The lowest BCUT2D eigenvalue weighted by atomic mass is 10.2. The summed E-state index contributed by atoms with van der Waals surface area (Å²) in [4.78, 5) is 17.7. The van der Waals surface area contributed by atoms with Crippen LogP contribution in [-0.2, 0) is 13.6 Å². The topological polar surface area (TPSA) is 50.1 Å². The highest BCUT2D eigenvalue weighted by Crippen LogP contribution is 2.17. The number of aryl methyl sites for hydroxylation is 1. The zero-order valence-electron chi connectivity index (χ0n) is 12.0. The maximum absolute atomic E-state index is 4.40. The molecule has 1 unspecified atom stereocenters. The summed E-state index contributed by atoms with van der Waals surface area (Å²) >= 11 is 0. The van der Waals surface area contributed by atoms with E-state index in [0.717, 1.165) is 37.8 Å². The number of rotatable bonds is 3. The molecule has 0 N–H and O–H groups in total. The molecule has 1 atom stereocenters. The van der Waals surface area contributed by atoms with E-state index in [9.17, 15) is 0 Å². The maximum atomic E-state index is 4.40. The molecular weight excluding hydrogens is 252 g/mol. The molecule has 6 heteroatoms. The minimum Gasteiger partial charge on any atom is -0.350 e. The van der Waals surface area contributed by atoms with Crippen molar-refractivity contribution in [3.05, 3.63) is 36.8 Å². The summed E-state index contributed by atoms with van der Waals surface area (Å²) in [5.41, 5.74) is 0. The highest BCUT2D eigenvalue weighted by atomic mass is 15.3. The molecule has 0 amide bonds. The molecule has 2 aromatic rings. The van der Waals surface area contributed by atoms with E-state index in [1.54, 1.807) is 12.4 Å². The summed E-state index contributed by atoms with van der Waals surface area (Å²) in [7, 11) is 2.04. The number of hydrogen-bond donors (Lipinski definition) is 0. The van der Waals surface area contributed by atoms with Crippen LogP contribution in [0.3, 0.4) is 0 Å². The Bertz CT molecular complexity index is 552. The van der Waals surface area contributed by atoms with Crippen molar-refractivity contribution in [1.29, 1.82) is 0 Å². The van der Waals surface area contributed by atoms with Gasteiger partial charge < -0.3 is 9.47 Å². The lowest BCUT2D eigenvalue weighted by Gasteiger charge is -2.40. The Morgan fingerprint density at radius 3 is 2.75 bits per heavy atom. The largest absolute Gasteiger partial charge is 0.350 e. The third-order valence-electron chi connectivity index (χ3n) is 3.84. The second kappa shape index (κ2) is 5.58. The van der Waals surface area contributed by atoms with Gasteiger partial charge in [0.1, 0.15) is 11.6 Å². The van der Waals surface area contributed by atoms with Crippen molar-refractivity contribution >= 4 is 5.82 Å². The van der Waals surface area contributed by atoms with E-state index in [1.165, 1.54) is 0 Å². The Morgan fingerprint density at radius 1 is 1.20 bits per heavy atom. The number of aromatic nitrogens is 4. The van der Waals surface area contributed by atoms with E-state index in [-0.39, 0.29) is 0 Å². The van der Waals surface area contributed by atoms with Crippen molar-refractivity contribution in [2.45, 2.75) is 19.5 Å². The van der Waals surface area contributed by atoms with Crippen LogP contribution in [0, 0.1) is 0 Å². The van der Waals surface area contributed by atoms with Crippen LogP contribution in [0.1, 0.15) is 12.7 Å². The van der Waals surface area contributed by atoms with Crippen LogP contribution in [0.2, 0.25) is 0 Å². The normalized spacial score (nSPS) is 20.3. The summed E-state index contributed by atoms with van der Waals surface area (Å²) < 4.78 is 2.08. The lowest BCUT2D eigenvalue weighted by Crippen LogP contribution is -2.52. The van der Waals surface area contributed by atoms with Crippen LogP contribution in [0.15, 0.2) is 31.0 Å². The molecule has 0 aliphatic carbocycles. The zero-order valence-corrected chi connectivity index (χ0v) is 12.0. The van der Waals surface area contributed by atoms with Crippen LogP contribution in [0.4, 0.5) is 5.82 Å². The molecule has 0 spiro atoms.